The Kier molecular flexibility index (Phi) is 5.03. The summed E-state index contributed by atoms with van der Waals surface area (Å²) in [6.07, 6.45) is 7.20. The van der Waals surface area contributed by atoms with Crippen molar-refractivity contribution in [3.8, 4) is 0 Å². The number of ether oxygens (including phenoxy) is 2. The molecule has 6 heteroatoms. The van der Waals surface area contributed by atoms with Crippen LogP contribution in [0.15, 0.2) is 0 Å². The van der Waals surface area contributed by atoms with Crippen LogP contribution >= 0.6 is 0 Å². The average molecular weight is 334 g/mol. The van der Waals surface area contributed by atoms with Crippen LogP contribution in [0.4, 0.5) is 5.95 Å². The van der Waals surface area contributed by atoms with Gasteiger partial charge in [-0.1, -0.05) is 0 Å². The van der Waals surface area contributed by atoms with Crippen molar-refractivity contribution in [2.45, 2.75) is 44.4 Å². The van der Waals surface area contributed by atoms with E-state index in [0.717, 1.165) is 76.0 Å². The van der Waals surface area contributed by atoms with Crippen LogP contribution in [0.25, 0.3) is 0 Å². The fraction of sp³-hybridized carbons (Fsp3) is 0.889. The molecule has 1 aromatic rings. The molecule has 4 heterocycles. The van der Waals surface area contributed by atoms with E-state index in [4.69, 9.17) is 9.47 Å². The SMILES string of the molecule is Cn1c(C2CCOCC2)nnc1N1CCC(C2CCOCC2)CC1. The van der Waals surface area contributed by atoms with E-state index in [1.165, 1.54) is 25.7 Å². The zero-order valence-electron chi connectivity index (χ0n) is 14.8. The summed E-state index contributed by atoms with van der Waals surface area (Å²) in [5.74, 6) is 4.44. The molecule has 0 aliphatic carbocycles. The minimum Gasteiger partial charge on any atom is -0.381 e. The van der Waals surface area contributed by atoms with Crippen molar-refractivity contribution in [2.24, 2.45) is 18.9 Å². The molecule has 3 saturated heterocycles. The largest absolute Gasteiger partial charge is 0.381 e. The van der Waals surface area contributed by atoms with E-state index >= 15 is 0 Å². The molecule has 134 valence electrons. The third kappa shape index (κ3) is 3.31. The van der Waals surface area contributed by atoms with Gasteiger partial charge in [0.05, 0.1) is 0 Å². The van der Waals surface area contributed by atoms with Crippen molar-refractivity contribution in [1.29, 1.82) is 0 Å². The molecule has 3 aliphatic heterocycles. The fourth-order valence-corrected chi connectivity index (χ4v) is 4.68. The number of hydrogen-bond acceptors (Lipinski definition) is 5. The first kappa shape index (κ1) is 16.3. The summed E-state index contributed by atoms with van der Waals surface area (Å²) < 4.78 is 13.2. The normalized spacial score (nSPS) is 25.3. The van der Waals surface area contributed by atoms with E-state index in [1.807, 2.05) is 0 Å². The summed E-state index contributed by atoms with van der Waals surface area (Å²) in [6, 6.07) is 0. The van der Waals surface area contributed by atoms with E-state index in [-0.39, 0.29) is 0 Å². The second kappa shape index (κ2) is 7.40. The minimum atomic E-state index is 0.504. The quantitative estimate of drug-likeness (QED) is 0.849. The van der Waals surface area contributed by atoms with Crippen LogP contribution < -0.4 is 4.90 Å². The van der Waals surface area contributed by atoms with E-state index in [2.05, 4.69) is 26.7 Å². The Bertz CT molecular complexity index is 527. The number of nitrogens with zero attached hydrogens (tertiary/aromatic N) is 4. The van der Waals surface area contributed by atoms with Crippen molar-refractivity contribution in [3.63, 3.8) is 0 Å². The van der Waals surface area contributed by atoms with Gasteiger partial charge >= 0.3 is 0 Å². The molecule has 0 atom stereocenters. The highest BCUT2D eigenvalue weighted by molar-refractivity contribution is 5.32. The molecule has 0 N–H and O–H groups in total. The van der Waals surface area contributed by atoms with Gasteiger partial charge in [0.15, 0.2) is 0 Å². The lowest BCUT2D eigenvalue weighted by atomic mass is 9.80. The first-order valence-electron chi connectivity index (χ1n) is 9.62. The van der Waals surface area contributed by atoms with Crippen molar-refractivity contribution >= 4 is 5.95 Å². The molecular weight excluding hydrogens is 304 g/mol. The molecule has 24 heavy (non-hydrogen) atoms. The number of rotatable bonds is 3. The summed E-state index contributed by atoms with van der Waals surface area (Å²) in [5, 5.41) is 9.05. The van der Waals surface area contributed by atoms with E-state index < -0.39 is 0 Å². The third-order valence-electron chi connectivity index (χ3n) is 6.23. The maximum Gasteiger partial charge on any atom is 0.226 e. The van der Waals surface area contributed by atoms with Crippen LogP contribution in [0.5, 0.6) is 0 Å². The molecule has 4 rings (SSSR count). The Hall–Kier alpha value is -1.14. The number of piperidine rings is 1. The molecule has 6 nitrogen and oxygen atoms in total. The summed E-state index contributed by atoms with van der Waals surface area (Å²) in [5.41, 5.74) is 0. The van der Waals surface area contributed by atoms with Crippen LogP contribution in [0.2, 0.25) is 0 Å². The Morgan fingerprint density at radius 1 is 0.792 bits per heavy atom. The first-order valence-corrected chi connectivity index (χ1v) is 9.62. The van der Waals surface area contributed by atoms with E-state index in [1.54, 1.807) is 0 Å². The predicted octanol–water partition coefficient (Wildman–Crippen LogP) is 2.35. The molecule has 0 saturated carbocycles. The Morgan fingerprint density at radius 3 is 2.04 bits per heavy atom. The highest BCUT2D eigenvalue weighted by Gasteiger charge is 2.30. The molecule has 0 bridgehead atoms. The zero-order chi connectivity index (χ0) is 16.4. The molecule has 3 fully saturated rings. The molecule has 0 spiro atoms. The minimum absolute atomic E-state index is 0.504. The van der Waals surface area contributed by atoms with Crippen molar-refractivity contribution in [3.05, 3.63) is 5.82 Å². The predicted molar refractivity (Wildman–Crippen MR) is 92.3 cm³/mol. The zero-order valence-corrected chi connectivity index (χ0v) is 14.8. The lowest BCUT2D eigenvalue weighted by Gasteiger charge is -2.37. The smallest absolute Gasteiger partial charge is 0.226 e. The number of hydrogen-bond donors (Lipinski definition) is 0. The maximum absolute atomic E-state index is 5.52. The highest BCUT2D eigenvalue weighted by Crippen LogP contribution is 2.34. The van der Waals surface area contributed by atoms with Gasteiger partial charge in [0.2, 0.25) is 5.95 Å². The summed E-state index contributed by atoms with van der Waals surface area (Å²) in [4.78, 5) is 2.44. The molecule has 0 amide bonds. The average Bonchev–Trinajstić information content (AvgIpc) is 3.05. The van der Waals surface area contributed by atoms with Crippen LogP contribution in [0.3, 0.4) is 0 Å². The van der Waals surface area contributed by atoms with Crippen molar-refractivity contribution < 1.29 is 9.47 Å². The first-order chi connectivity index (χ1) is 11.8. The van der Waals surface area contributed by atoms with E-state index in [0.29, 0.717) is 5.92 Å². The second-order valence-electron chi connectivity index (χ2n) is 7.58. The lowest BCUT2D eigenvalue weighted by Crippen LogP contribution is -2.38. The summed E-state index contributed by atoms with van der Waals surface area (Å²) >= 11 is 0. The lowest BCUT2D eigenvalue weighted by molar-refractivity contribution is 0.0418. The Morgan fingerprint density at radius 2 is 1.38 bits per heavy atom. The molecule has 0 unspecified atom stereocenters. The van der Waals surface area contributed by atoms with Gasteiger partial charge in [-0.15, -0.1) is 10.2 Å². The van der Waals surface area contributed by atoms with Crippen molar-refractivity contribution in [1.82, 2.24) is 14.8 Å². The van der Waals surface area contributed by atoms with Gasteiger partial charge in [-0.3, -0.25) is 0 Å². The molecular formula is C18H30N4O2. The summed E-state index contributed by atoms with van der Waals surface area (Å²) in [6.45, 7) is 5.85. The van der Waals surface area contributed by atoms with Gasteiger partial charge in [-0.2, -0.15) is 0 Å². The fourth-order valence-electron chi connectivity index (χ4n) is 4.68. The molecule has 3 aliphatic rings. The van der Waals surface area contributed by atoms with Crippen molar-refractivity contribution in [2.75, 3.05) is 44.4 Å². The number of anilines is 1. The van der Waals surface area contributed by atoms with Gasteiger partial charge in [0.25, 0.3) is 0 Å². The van der Waals surface area contributed by atoms with Gasteiger partial charge in [0, 0.05) is 52.5 Å². The van der Waals surface area contributed by atoms with Crippen LogP contribution in [0.1, 0.15) is 50.3 Å². The van der Waals surface area contributed by atoms with Crippen LogP contribution in [-0.2, 0) is 16.5 Å². The van der Waals surface area contributed by atoms with Crippen LogP contribution in [0, 0.1) is 11.8 Å². The Labute approximate surface area is 144 Å². The van der Waals surface area contributed by atoms with Crippen LogP contribution in [-0.4, -0.2) is 54.3 Å². The summed E-state index contributed by atoms with van der Waals surface area (Å²) in [7, 11) is 2.13. The van der Waals surface area contributed by atoms with E-state index in [9.17, 15) is 0 Å². The Balaban J connectivity index is 1.37. The molecule has 0 radical (unpaired) electrons. The van der Waals surface area contributed by atoms with Gasteiger partial charge < -0.3 is 18.9 Å². The molecule has 0 aromatic carbocycles. The van der Waals surface area contributed by atoms with Gasteiger partial charge in [-0.25, -0.2) is 0 Å². The third-order valence-corrected chi connectivity index (χ3v) is 6.23. The van der Waals surface area contributed by atoms with Gasteiger partial charge in [0.1, 0.15) is 5.82 Å². The highest BCUT2D eigenvalue weighted by atomic mass is 16.5. The number of aromatic nitrogens is 3. The molecule has 1 aromatic heterocycles. The monoisotopic (exact) mass is 334 g/mol. The standard InChI is InChI=1S/C18H30N4O2/c1-21-17(16-6-12-24-13-7-16)19-20-18(21)22-8-2-14(3-9-22)15-4-10-23-11-5-15/h14-16H,2-13H2,1H3. The van der Waals surface area contributed by atoms with Gasteiger partial charge in [-0.05, 0) is 50.4 Å². The topological polar surface area (TPSA) is 52.4 Å². The maximum atomic E-state index is 5.52. The second-order valence-corrected chi connectivity index (χ2v) is 7.58.